The SMILES string of the molecule is Nc1ncnc2c1ncn2CC1COC(CP(=O)([O-])O)O1. The predicted octanol–water partition coefficient (Wildman–Crippen LogP) is -1.30. The highest BCUT2D eigenvalue weighted by Crippen LogP contribution is 2.33. The zero-order chi connectivity index (χ0) is 15.0. The minimum Gasteiger partial charge on any atom is -0.778 e. The van der Waals surface area contributed by atoms with Crippen LogP contribution in [0.3, 0.4) is 0 Å². The van der Waals surface area contributed by atoms with Crippen molar-refractivity contribution in [2.75, 3.05) is 18.5 Å². The van der Waals surface area contributed by atoms with E-state index in [9.17, 15) is 9.46 Å². The number of hydrogen-bond acceptors (Lipinski definition) is 8. The Morgan fingerprint density at radius 1 is 1.52 bits per heavy atom. The number of nitrogen functional groups attached to an aromatic ring is 1. The molecule has 0 aliphatic carbocycles. The maximum atomic E-state index is 10.8. The minimum atomic E-state index is -4.41. The third-order valence-corrected chi connectivity index (χ3v) is 3.78. The van der Waals surface area contributed by atoms with Crippen LogP contribution in [0.5, 0.6) is 0 Å². The zero-order valence-electron chi connectivity index (χ0n) is 10.8. The molecule has 1 aliphatic rings. The molecule has 1 aliphatic heterocycles. The van der Waals surface area contributed by atoms with E-state index >= 15 is 0 Å². The number of nitrogens with two attached hydrogens (primary N) is 1. The lowest BCUT2D eigenvalue weighted by atomic mass is 10.4. The highest BCUT2D eigenvalue weighted by molar-refractivity contribution is 7.50. The summed E-state index contributed by atoms with van der Waals surface area (Å²) in [5.74, 6) is 0.285. The third kappa shape index (κ3) is 3.20. The van der Waals surface area contributed by atoms with Crippen molar-refractivity contribution in [1.82, 2.24) is 19.5 Å². The van der Waals surface area contributed by atoms with Gasteiger partial charge in [0.15, 0.2) is 17.8 Å². The van der Waals surface area contributed by atoms with Crippen LogP contribution in [0.25, 0.3) is 11.2 Å². The molecule has 3 N–H and O–H groups in total. The van der Waals surface area contributed by atoms with Crippen LogP contribution in [0.15, 0.2) is 12.7 Å². The lowest BCUT2D eigenvalue weighted by molar-refractivity contribution is -0.197. The molecule has 3 atom stereocenters. The molecule has 114 valence electrons. The van der Waals surface area contributed by atoms with E-state index < -0.39 is 20.0 Å². The Kier molecular flexibility index (Phi) is 3.64. The van der Waals surface area contributed by atoms with Crippen molar-refractivity contribution in [1.29, 1.82) is 0 Å². The Balaban J connectivity index is 1.70. The van der Waals surface area contributed by atoms with Gasteiger partial charge in [-0.3, -0.25) is 0 Å². The van der Waals surface area contributed by atoms with Gasteiger partial charge in [-0.05, 0) is 0 Å². The van der Waals surface area contributed by atoms with Gasteiger partial charge in [0.05, 0.1) is 25.6 Å². The number of anilines is 1. The first-order chi connectivity index (χ1) is 9.92. The van der Waals surface area contributed by atoms with Crippen LogP contribution in [0.1, 0.15) is 0 Å². The Labute approximate surface area is 119 Å². The smallest absolute Gasteiger partial charge is 0.166 e. The molecule has 0 bridgehead atoms. The van der Waals surface area contributed by atoms with Gasteiger partial charge in [-0.15, -0.1) is 0 Å². The quantitative estimate of drug-likeness (QED) is 0.656. The van der Waals surface area contributed by atoms with E-state index in [0.29, 0.717) is 17.7 Å². The molecule has 0 amide bonds. The first-order valence-corrected chi connectivity index (χ1v) is 7.90. The molecule has 3 heterocycles. The maximum Gasteiger partial charge on any atom is 0.166 e. The second kappa shape index (κ2) is 5.32. The fourth-order valence-corrected chi connectivity index (χ4v) is 2.71. The van der Waals surface area contributed by atoms with Crippen molar-refractivity contribution in [3.05, 3.63) is 12.7 Å². The summed E-state index contributed by atoms with van der Waals surface area (Å²) in [4.78, 5) is 31.7. The van der Waals surface area contributed by atoms with Crippen molar-refractivity contribution >= 4 is 24.6 Å². The van der Waals surface area contributed by atoms with Gasteiger partial charge in [0.2, 0.25) is 0 Å². The zero-order valence-corrected chi connectivity index (χ0v) is 11.7. The summed E-state index contributed by atoms with van der Waals surface area (Å²) in [5, 5.41) is 0. The summed E-state index contributed by atoms with van der Waals surface area (Å²) in [6, 6.07) is 0. The summed E-state index contributed by atoms with van der Waals surface area (Å²) in [7, 11) is -4.41. The van der Waals surface area contributed by atoms with E-state index in [4.69, 9.17) is 20.1 Å². The predicted molar refractivity (Wildman–Crippen MR) is 69.0 cm³/mol. The molecule has 3 unspecified atom stereocenters. The Morgan fingerprint density at radius 2 is 2.33 bits per heavy atom. The Bertz CT molecular complexity index is 700. The van der Waals surface area contributed by atoms with Crippen LogP contribution >= 0.6 is 7.60 Å². The van der Waals surface area contributed by atoms with Gasteiger partial charge in [-0.1, -0.05) is 0 Å². The number of hydrogen-bond donors (Lipinski definition) is 2. The van der Waals surface area contributed by atoms with Crippen molar-refractivity contribution in [2.24, 2.45) is 0 Å². The standard InChI is InChI=1S/C10H14N5O5P/c11-9-8-10(13-4-12-9)15(5-14-8)1-6-2-19-7(20-6)3-21(16,17)18/h4-7H,1-3H2,(H2,11,12,13)(H2,16,17,18)/p-1. The average Bonchev–Trinajstić information content (AvgIpc) is 2.97. The molecule has 2 aromatic rings. The average molecular weight is 314 g/mol. The van der Waals surface area contributed by atoms with Gasteiger partial charge in [-0.25, -0.2) is 15.0 Å². The number of ether oxygens (including phenoxy) is 2. The first kappa shape index (κ1) is 14.4. The molecule has 10 nitrogen and oxygen atoms in total. The van der Waals surface area contributed by atoms with Crippen LogP contribution in [-0.4, -0.2) is 49.6 Å². The van der Waals surface area contributed by atoms with Gasteiger partial charge in [0.1, 0.15) is 25.5 Å². The van der Waals surface area contributed by atoms with Crippen LogP contribution in [0.4, 0.5) is 5.82 Å². The molecule has 1 fully saturated rings. The first-order valence-electron chi connectivity index (χ1n) is 6.13. The summed E-state index contributed by atoms with van der Waals surface area (Å²) in [6.45, 7) is 0.586. The fourth-order valence-electron chi connectivity index (χ4n) is 2.14. The van der Waals surface area contributed by atoms with E-state index in [-0.39, 0.29) is 18.5 Å². The molecule has 0 spiro atoms. The van der Waals surface area contributed by atoms with Crippen LogP contribution in [0.2, 0.25) is 0 Å². The third-order valence-electron chi connectivity index (χ3n) is 3.02. The van der Waals surface area contributed by atoms with Crippen molar-refractivity contribution < 1.29 is 23.8 Å². The molecule has 21 heavy (non-hydrogen) atoms. The molecule has 1 saturated heterocycles. The van der Waals surface area contributed by atoms with Crippen molar-refractivity contribution in [3.63, 3.8) is 0 Å². The molecule has 2 aromatic heterocycles. The molecule has 0 saturated carbocycles. The van der Waals surface area contributed by atoms with E-state index in [1.54, 1.807) is 10.9 Å². The normalized spacial score (nSPS) is 25.2. The highest BCUT2D eigenvalue weighted by atomic mass is 31.2. The molecular formula is C10H13N5O5P-. The fraction of sp³-hybridized carbons (Fsp3) is 0.500. The number of nitrogens with zero attached hydrogens (tertiary/aromatic N) is 4. The van der Waals surface area contributed by atoms with E-state index in [0.717, 1.165) is 0 Å². The lowest BCUT2D eigenvalue weighted by Crippen LogP contribution is -2.22. The number of rotatable bonds is 4. The van der Waals surface area contributed by atoms with E-state index in [1.165, 1.54) is 6.33 Å². The second-order valence-electron chi connectivity index (χ2n) is 4.67. The van der Waals surface area contributed by atoms with Gasteiger partial charge < -0.3 is 34.1 Å². The largest absolute Gasteiger partial charge is 0.778 e. The van der Waals surface area contributed by atoms with Crippen LogP contribution in [-0.2, 0) is 20.6 Å². The summed E-state index contributed by atoms with van der Waals surface area (Å²) >= 11 is 0. The van der Waals surface area contributed by atoms with Crippen LogP contribution < -0.4 is 10.6 Å². The lowest BCUT2D eigenvalue weighted by Gasteiger charge is -2.19. The maximum absolute atomic E-state index is 10.8. The molecule has 0 aromatic carbocycles. The number of fused-ring (bicyclic) bond motifs is 1. The van der Waals surface area contributed by atoms with Crippen LogP contribution in [0, 0.1) is 0 Å². The Hall–Kier alpha value is -1.58. The van der Waals surface area contributed by atoms with Crippen molar-refractivity contribution in [2.45, 2.75) is 18.9 Å². The van der Waals surface area contributed by atoms with Crippen molar-refractivity contribution in [3.8, 4) is 0 Å². The van der Waals surface area contributed by atoms with Gasteiger partial charge in [0, 0.05) is 0 Å². The monoisotopic (exact) mass is 314 g/mol. The minimum absolute atomic E-state index is 0.213. The molecule has 11 heteroatoms. The number of imidazole rings is 1. The van der Waals surface area contributed by atoms with E-state index in [1.807, 2.05) is 0 Å². The van der Waals surface area contributed by atoms with Gasteiger partial charge in [0.25, 0.3) is 0 Å². The van der Waals surface area contributed by atoms with E-state index in [2.05, 4.69) is 15.0 Å². The summed E-state index contributed by atoms with van der Waals surface area (Å²) in [5.41, 5.74) is 6.75. The topological polar surface area (TPSA) is 148 Å². The summed E-state index contributed by atoms with van der Waals surface area (Å²) < 4.78 is 23.1. The van der Waals surface area contributed by atoms with Gasteiger partial charge in [-0.2, -0.15) is 0 Å². The molecule has 0 radical (unpaired) electrons. The van der Waals surface area contributed by atoms with Gasteiger partial charge >= 0.3 is 0 Å². The Morgan fingerprint density at radius 3 is 3.10 bits per heavy atom. The molecular weight excluding hydrogens is 301 g/mol. The summed E-state index contributed by atoms with van der Waals surface area (Å²) in [6.07, 6.45) is 0.998. The second-order valence-corrected chi connectivity index (χ2v) is 6.31. The molecule has 3 rings (SSSR count). The highest BCUT2D eigenvalue weighted by Gasteiger charge is 2.29. The number of aromatic nitrogens is 4.